The molecule has 2 atom stereocenters. The van der Waals surface area contributed by atoms with Gasteiger partial charge in [0.15, 0.2) is 9.84 Å². The van der Waals surface area contributed by atoms with Gasteiger partial charge in [-0.1, -0.05) is 18.2 Å². The van der Waals surface area contributed by atoms with Crippen molar-refractivity contribution in [3.63, 3.8) is 0 Å². The molecule has 1 aliphatic rings. The van der Waals surface area contributed by atoms with E-state index in [0.29, 0.717) is 13.0 Å². The summed E-state index contributed by atoms with van der Waals surface area (Å²) >= 11 is 0. The lowest BCUT2D eigenvalue weighted by Gasteiger charge is -2.23. The van der Waals surface area contributed by atoms with Crippen LogP contribution in [0.1, 0.15) is 36.1 Å². The normalized spacial score (nSPS) is 20.0. The molecule has 1 fully saturated rings. The molecule has 1 saturated heterocycles. The lowest BCUT2D eigenvalue weighted by atomic mass is 9.97. The van der Waals surface area contributed by atoms with Crippen molar-refractivity contribution in [2.24, 2.45) is 0 Å². The first kappa shape index (κ1) is 16.8. The number of hydrogen-bond donors (Lipinski definition) is 1. The van der Waals surface area contributed by atoms with Gasteiger partial charge in [-0.25, -0.2) is 13.2 Å². The molecule has 2 amide bonds. The van der Waals surface area contributed by atoms with Crippen LogP contribution >= 0.6 is 0 Å². The van der Waals surface area contributed by atoms with Crippen LogP contribution in [0, 0.1) is 13.8 Å². The van der Waals surface area contributed by atoms with Gasteiger partial charge in [-0.15, -0.1) is 0 Å². The third-order valence-electron chi connectivity index (χ3n) is 4.35. The Labute approximate surface area is 132 Å². The number of benzene rings is 1. The van der Waals surface area contributed by atoms with Gasteiger partial charge < -0.3 is 10.2 Å². The van der Waals surface area contributed by atoms with E-state index in [-0.39, 0.29) is 18.6 Å². The molecule has 0 aromatic heterocycles. The summed E-state index contributed by atoms with van der Waals surface area (Å²) in [7, 11) is -3.08. The fraction of sp³-hybridized carbons (Fsp3) is 0.562. The predicted octanol–water partition coefficient (Wildman–Crippen LogP) is 2.19. The van der Waals surface area contributed by atoms with Gasteiger partial charge >= 0.3 is 6.03 Å². The van der Waals surface area contributed by atoms with Crippen molar-refractivity contribution in [1.82, 2.24) is 10.2 Å². The zero-order chi connectivity index (χ0) is 16.5. The van der Waals surface area contributed by atoms with Crippen LogP contribution in [-0.2, 0) is 9.84 Å². The van der Waals surface area contributed by atoms with Gasteiger partial charge in [-0.2, -0.15) is 0 Å². The second-order valence-electron chi connectivity index (χ2n) is 6.16. The molecule has 0 spiro atoms. The molecule has 1 aromatic rings. The van der Waals surface area contributed by atoms with Gasteiger partial charge in [-0.05, 0) is 43.9 Å². The van der Waals surface area contributed by atoms with E-state index in [9.17, 15) is 13.2 Å². The number of amides is 2. The highest BCUT2D eigenvalue weighted by molar-refractivity contribution is 7.91. The SMILES string of the molecule is Cc1cccc(C)c1[C@@H](C)NC(=O)N1CC[C@H](S(C)(=O)=O)C1. The van der Waals surface area contributed by atoms with Crippen molar-refractivity contribution in [2.45, 2.75) is 38.5 Å². The van der Waals surface area contributed by atoms with Crippen LogP contribution in [-0.4, -0.2) is 43.9 Å². The van der Waals surface area contributed by atoms with E-state index in [2.05, 4.69) is 5.32 Å². The van der Waals surface area contributed by atoms with Crippen LogP contribution < -0.4 is 5.32 Å². The Morgan fingerprint density at radius 1 is 1.32 bits per heavy atom. The number of nitrogens with zero attached hydrogens (tertiary/aromatic N) is 1. The van der Waals surface area contributed by atoms with Gasteiger partial charge in [0, 0.05) is 19.3 Å². The molecular formula is C16H24N2O3S. The second-order valence-corrected chi connectivity index (χ2v) is 8.49. The summed E-state index contributed by atoms with van der Waals surface area (Å²) in [5.74, 6) is 0. The van der Waals surface area contributed by atoms with E-state index in [4.69, 9.17) is 0 Å². The van der Waals surface area contributed by atoms with Crippen LogP contribution in [0.5, 0.6) is 0 Å². The highest BCUT2D eigenvalue weighted by Gasteiger charge is 2.33. The fourth-order valence-corrected chi connectivity index (χ4v) is 4.11. The van der Waals surface area contributed by atoms with Gasteiger partial charge in [-0.3, -0.25) is 0 Å². The number of carbonyl (C=O) groups excluding carboxylic acids is 1. The highest BCUT2D eigenvalue weighted by atomic mass is 32.2. The minimum absolute atomic E-state index is 0.106. The summed E-state index contributed by atoms with van der Waals surface area (Å²) in [6.45, 7) is 6.78. The fourth-order valence-electron chi connectivity index (χ4n) is 3.12. The molecule has 22 heavy (non-hydrogen) atoms. The average molecular weight is 324 g/mol. The van der Waals surface area contributed by atoms with E-state index < -0.39 is 15.1 Å². The van der Waals surface area contributed by atoms with E-state index >= 15 is 0 Å². The summed E-state index contributed by atoms with van der Waals surface area (Å²) in [6.07, 6.45) is 1.75. The van der Waals surface area contributed by atoms with Crippen molar-refractivity contribution in [2.75, 3.05) is 19.3 Å². The number of rotatable bonds is 3. The Morgan fingerprint density at radius 2 is 1.91 bits per heavy atom. The van der Waals surface area contributed by atoms with Gasteiger partial charge in [0.25, 0.3) is 0 Å². The maximum Gasteiger partial charge on any atom is 0.317 e. The van der Waals surface area contributed by atoms with Gasteiger partial charge in [0.2, 0.25) is 0 Å². The van der Waals surface area contributed by atoms with E-state index in [0.717, 1.165) is 16.7 Å². The third-order valence-corrected chi connectivity index (χ3v) is 5.95. The summed E-state index contributed by atoms with van der Waals surface area (Å²) < 4.78 is 23.2. The lowest BCUT2D eigenvalue weighted by molar-refractivity contribution is 0.205. The number of sulfone groups is 1. The molecule has 1 aromatic carbocycles. The summed E-state index contributed by atoms with van der Waals surface area (Å²) in [6, 6.07) is 5.76. The molecule has 0 aliphatic carbocycles. The molecule has 1 heterocycles. The molecule has 122 valence electrons. The molecule has 0 saturated carbocycles. The van der Waals surface area contributed by atoms with Crippen LogP contribution in [0.25, 0.3) is 0 Å². The number of likely N-dealkylation sites (tertiary alicyclic amines) is 1. The van der Waals surface area contributed by atoms with Crippen molar-refractivity contribution in [3.05, 3.63) is 34.9 Å². The Morgan fingerprint density at radius 3 is 2.41 bits per heavy atom. The standard InChI is InChI=1S/C16H24N2O3S/c1-11-6-5-7-12(2)15(11)13(3)17-16(19)18-9-8-14(10-18)22(4,20)21/h5-7,13-14H,8-10H2,1-4H3,(H,17,19)/t13-,14+/m1/s1. The number of urea groups is 1. The summed E-state index contributed by atoms with van der Waals surface area (Å²) in [5, 5.41) is 2.55. The molecule has 5 nitrogen and oxygen atoms in total. The smallest absolute Gasteiger partial charge is 0.317 e. The van der Waals surface area contributed by atoms with Crippen molar-refractivity contribution >= 4 is 15.9 Å². The molecule has 1 aliphatic heterocycles. The number of aryl methyl sites for hydroxylation is 2. The minimum Gasteiger partial charge on any atom is -0.331 e. The Balaban J connectivity index is 2.04. The number of hydrogen-bond acceptors (Lipinski definition) is 3. The summed E-state index contributed by atoms with van der Waals surface area (Å²) in [5.41, 5.74) is 3.40. The molecule has 1 N–H and O–H groups in total. The molecule has 2 rings (SSSR count). The zero-order valence-corrected chi connectivity index (χ0v) is 14.4. The predicted molar refractivity (Wildman–Crippen MR) is 87.7 cm³/mol. The summed E-state index contributed by atoms with van der Waals surface area (Å²) in [4.78, 5) is 13.9. The number of carbonyl (C=O) groups is 1. The van der Waals surface area contributed by atoms with Gasteiger partial charge in [0.1, 0.15) is 0 Å². The van der Waals surface area contributed by atoms with E-state index in [1.807, 2.05) is 39.0 Å². The quantitative estimate of drug-likeness (QED) is 0.927. The Kier molecular flexibility index (Phi) is 4.80. The zero-order valence-electron chi connectivity index (χ0n) is 13.6. The maximum atomic E-state index is 12.3. The largest absolute Gasteiger partial charge is 0.331 e. The van der Waals surface area contributed by atoms with Crippen LogP contribution in [0.15, 0.2) is 18.2 Å². The molecule has 0 bridgehead atoms. The monoisotopic (exact) mass is 324 g/mol. The van der Waals surface area contributed by atoms with Crippen LogP contribution in [0.3, 0.4) is 0 Å². The minimum atomic E-state index is -3.08. The molecule has 0 radical (unpaired) electrons. The molecule has 6 heteroatoms. The average Bonchev–Trinajstić information content (AvgIpc) is 2.87. The first-order valence-corrected chi connectivity index (χ1v) is 9.46. The second kappa shape index (κ2) is 6.28. The Bertz CT molecular complexity index is 650. The van der Waals surface area contributed by atoms with E-state index in [1.165, 1.54) is 6.26 Å². The number of nitrogens with one attached hydrogen (secondary N) is 1. The van der Waals surface area contributed by atoms with Crippen LogP contribution in [0.4, 0.5) is 4.79 Å². The first-order valence-electron chi connectivity index (χ1n) is 7.50. The van der Waals surface area contributed by atoms with Crippen molar-refractivity contribution in [1.29, 1.82) is 0 Å². The third kappa shape index (κ3) is 3.61. The van der Waals surface area contributed by atoms with Crippen molar-refractivity contribution in [3.8, 4) is 0 Å². The van der Waals surface area contributed by atoms with E-state index in [1.54, 1.807) is 4.90 Å². The maximum absolute atomic E-state index is 12.3. The lowest BCUT2D eigenvalue weighted by Crippen LogP contribution is -2.41. The first-order chi connectivity index (χ1) is 10.2. The topological polar surface area (TPSA) is 66.5 Å². The van der Waals surface area contributed by atoms with Gasteiger partial charge in [0.05, 0.1) is 11.3 Å². The van der Waals surface area contributed by atoms with Crippen molar-refractivity contribution < 1.29 is 13.2 Å². The molecule has 0 unspecified atom stereocenters. The Hall–Kier alpha value is -1.56. The van der Waals surface area contributed by atoms with Crippen LogP contribution in [0.2, 0.25) is 0 Å². The molecular weight excluding hydrogens is 300 g/mol. The highest BCUT2D eigenvalue weighted by Crippen LogP contribution is 2.22.